The monoisotopic (exact) mass is 549 g/mol. The van der Waals surface area contributed by atoms with Crippen LogP contribution in [0.15, 0.2) is 71.7 Å². The molecule has 1 heterocycles. The normalized spacial score (nSPS) is 18.0. The van der Waals surface area contributed by atoms with Crippen LogP contribution in [0.3, 0.4) is 0 Å². The van der Waals surface area contributed by atoms with Gasteiger partial charge in [-0.25, -0.2) is 4.99 Å². The van der Waals surface area contributed by atoms with Gasteiger partial charge in [-0.3, -0.25) is 0 Å². The predicted molar refractivity (Wildman–Crippen MR) is 153 cm³/mol. The number of aliphatic hydroxyl groups excluding tert-OH is 1. The number of aryl methyl sites for hydroxylation is 1. The first kappa shape index (κ1) is 28.2. The molecule has 0 atom stereocenters. The maximum Gasteiger partial charge on any atom is 0.416 e. The Kier molecular flexibility index (Phi) is 7.24. The van der Waals surface area contributed by atoms with Gasteiger partial charge in [0.25, 0.3) is 0 Å². The largest absolute Gasteiger partial charge is 0.416 e. The van der Waals surface area contributed by atoms with Crippen LogP contribution in [-0.2, 0) is 26.4 Å². The van der Waals surface area contributed by atoms with Crippen molar-refractivity contribution in [2.75, 3.05) is 0 Å². The summed E-state index contributed by atoms with van der Waals surface area (Å²) < 4.78 is 44.6. The number of hydrogen-bond donors (Lipinski definition) is 1. The smallest absolute Gasteiger partial charge is 0.392 e. The molecule has 3 aromatic carbocycles. The molecule has 0 aliphatic heterocycles. The number of halogens is 3. The van der Waals surface area contributed by atoms with Crippen molar-refractivity contribution in [2.45, 2.75) is 72.2 Å². The third-order valence-corrected chi connectivity index (χ3v) is 8.19. The summed E-state index contributed by atoms with van der Waals surface area (Å²) in [5.41, 5.74) is 5.32. The van der Waals surface area contributed by atoms with E-state index in [9.17, 15) is 18.3 Å². The van der Waals surface area contributed by atoms with Gasteiger partial charge in [-0.15, -0.1) is 0 Å². The van der Waals surface area contributed by atoms with Crippen molar-refractivity contribution in [3.05, 3.63) is 94.6 Å². The van der Waals surface area contributed by atoms with Crippen molar-refractivity contribution in [3.63, 3.8) is 0 Å². The number of rotatable bonds is 5. The Labute approximate surface area is 233 Å². The fourth-order valence-corrected chi connectivity index (χ4v) is 6.84. The van der Waals surface area contributed by atoms with Gasteiger partial charge in [0.2, 0.25) is 5.62 Å². The summed E-state index contributed by atoms with van der Waals surface area (Å²) in [5, 5.41) is 9.40. The zero-order valence-electron chi connectivity index (χ0n) is 23.9. The van der Waals surface area contributed by atoms with Crippen molar-refractivity contribution < 1.29 is 18.3 Å². The number of imidazole rings is 1. The zero-order chi connectivity index (χ0) is 28.9. The molecule has 1 N–H and O–H groups in total. The fraction of sp³-hybridized carbons (Fsp3) is 0.424. The molecular weight excluding hydrogens is 511 g/mol. The molecule has 5 rings (SSSR count). The molecule has 0 amide bonds. The number of alkyl halides is 3. The fourth-order valence-electron chi connectivity index (χ4n) is 6.84. The molecule has 0 saturated heterocycles. The van der Waals surface area contributed by atoms with Gasteiger partial charge in [0.1, 0.15) is 0 Å². The van der Waals surface area contributed by atoms with Crippen LogP contribution in [0.4, 0.5) is 18.9 Å². The van der Waals surface area contributed by atoms with Crippen molar-refractivity contribution in [2.24, 2.45) is 22.9 Å². The molecule has 212 valence electrons. The van der Waals surface area contributed by atoms with Crippen molar-refractivity contribution in [1.82, 2.24) is 9.13 Å². The highest BCUT2D eigenvalue weighted by molar-refractivity contribution is 5.77. The van der Waals surface area contributed by atoms with Crippen LogP contribution in [0.5, 0.6) is 0 Å². The van der Waals surface area contributed by atoms with E-state index in [2.05, 4.69) is 39.8 Å². The highest BCUT2D eigenvalue weighted by Crippen LogP contribution is 2.51. The molecule has 40 heavy (non-hydrogen) atoms. The molecule has 4 nitrogen and oxygen atoms in total. The summed E-state index contributed by atoms with van der Waals surface area (Å²) in [6.45, 7) is 9.68. The lowest BCUT2D eigenvalue weighted by atomic mass is 9.60. The molecule has 1 aliphatic rings. The molecule has 0 unspecified atom stereocenters. The number of benzene rings is 3. The lowest BCUT2D eigenvalue weighted by molar-refractivity contribution is -0.137. The van der Waals surface area contributed by atoms with E-state index in [1.54, 1.807) is 0 Å². The second kappa shape index (κ2) is 10.3. The standard InChI is InChI=1S/C33H38F3N3O/c1-31(2)17-25(18-32(3,4)21-31)24-10-13-27(14-11-24)37-30-38(5)28-15-12-26(33(34,35)36)16-29(28)39(30)19-22-6-8-23(20-40)9-7-22/h6-16,25,40H,17-21H2,1-5H3. The summed E-state index contributed by atoms with van der Waals surface area (Å²) >= 11 is 0. The molecule has 1 aromatic heterocycles. The van der Waals surface area contributed by atoms with E-state index in [1.165, 1.54) is 24.1 Å². The molecule has 1 saturated carbocycles. The summed E-state index contributed by atoms with van der Waals surface area (Å²) in [4.78, 5) is 4.95. The number of aromatic nitrogens is 2. The van der Waals surface area contributed by atoms with Gasteiger partial charge < -0.3 is 14.2 Å². The second-order valence-electron chi connectivity index (χ2n) is 12.9. The Morgan fingerprint density at radius 2 is 1.45 bits per heavy atom. The quantitative estimate of drug-likeness (QED) is 0.269. The van der Waals surface area contributed by atoms with E-state index >= 15 is 0 Å². The number of hydrogen-bond acceptors (Lipinski definition) is 2. The van der Waals surface area contributed by atoms with E-state index in [4.69, 9.17) is 4.99 Å². The van der Waals surface area contributed by atoms with E-state index in [-0.39, 0.29) is 17.4 Å². The number of nitrogens with zero attached hydrogens (tertiary/aromatic N) is 3. The van der Waals surface area contributed by atoms with E-state index in [0.717, 1.165) is 35.7 Å². The van der Waals surface area contributed by atoms with Crippen LogP contribution < -0.4 is 5.62 Å². The Balaban J connectivity index is 1.58. The first-order chi connectivity index (χ1) is 18.7. The van der Waals surface area contributed by atoms with Crippen LogP contribution in [0, 0.1) is 10.8 Å². The molecule has 7 heteroatoms. The van der Waals surface area contributed by atoms with Gasteiger partial charge in [0.05, 0.1) is 35.4 Å². The van der Waals surface area contributed by atoms with Gasteiger partial charge in [-0.2, -0.15) is 13.2 Å². The first-order valence-corrected chi connectivity index (χ1v) is 13.8. The van der Waals surface area contributed by atoms with Crippen LogP contribution in [0.25, 0.3) is 11.0 Å². The highest BCUT2D eigenvalue weighted by Gasteiger charge is 2.38. The Bertz CT molecular complexity index is 1560. The molecular formula is C33H38F3N3O. The van der Waals surface area contributed by atoms with E-state index in [1.807, 2.05) is 52.6 Å². The van der Waals surface area contributed by atoms with Gasteiger partial charge in [-0.05, 0) is 83.0 Å². The van der Waals surface area contributed by atoms with Crippen molar-refractivity contribution in [3.8, 4) is 0 Å². The molecule has 0 bridgehead atoms. The van der Waals surface area contributed by atoms with Gasteiger partial charge >= 0.3 is 6.18 Å². The van der Waals surface area contributed by atoms with Gasteiger partial charge in [0, 0.05) is 7.05 Å². The zero-order valence-corrected chi connectivity index (χ0v) is 23.9. The Morgan fingerprint density at radius 1 is 0.850 bits per heavy atom. The van der Waals surface area contributed by atoms with Crippen LogP contribution in [0.2, 0.25) is 0 Å². The Morgan fingerprint density at radius 3 is 2.02 bits per heavy atom. The predicted octanol–water partition coefficient (Wildman–Crippen LogP) is 8.09. The summed E-state index contributed by atoms with van der Waals surface area (Å²) in [7, 11) is 1.83. The van der Waals surface area contributed by atoms with Crippen LogP contribution >= 0.6 is 0 Å². The molecule has 4 aromatic rings. The van der Waals surface area contributed by atoms with Crippen molar-refractivity contribution in [1.29, 1.82) is 0 Å². The van der Waals surface area contributed by atoms with Crippen LogP contribution in [0.1, 0.15) is 75.1 Å². The minimum absolute atomic E-state index is 0.0664. The molecule has 1 aliphatic carbocycles. The molecule has 1 fully saturated rings. The maximum atomic E-state index is 13.6. The lowest BCUT2D eigenvalue weighted by Gasteiger charge is -2.45. The van der Waals surface area contributed by atoms with E-state index < -0.39 is 11.7 Å². The summed E-state index contributed by atoms with van der Waals surface area (Å²) in [6, 6.07) is 19.6. The van der Waals surface area contributed by atoms with Gasteiger partial charge in [0.15, 0.2) is 0 Å². The number of aliphatic hydroxyl groups is 1. The van der Waals surface area contributed by atoms with E-state index in [0.29, 0.717) is 29.1 Å². The Hall–Kier alpha value is -3.32. The van der Waals surface area contributed by atoms with Crippen molar-refractivity contribution >= 4 is 16.7 Å². The lowest BCUT2D eigenvalue weighted by Crippen LogP contribution is -2.32. The first-order valence-electron chi connectivity index (χ1n) is 13.8. The second-order valence-corrected chi connectivity index (χ2v) is 12.9. The number of fused-ring (bicyclic) bond motifs is 1. The third kappa shape index (κ3) is 5.90. The van der Waals surface area contributed by atoms with Gasteiger partial charge in [-0.1, -0.05) is 64.1 Å². The average Bonchev–Trinajstić information content (AvgIpc) is 3.12. The molecule has 0 spiro atoms. The van der Waals surface area contributed by atoms with Crippen LogP contribution in [-0.4, -0.2) is 14.2 Å². The maximum absolute atomic E-state index is 13.6. The molecule has 0 radical (unpaired) electrons. The summed E-state index contributed by atoms with van der Waals surface area (Å²) in [6.07, 6.45) is -0.941. The minimum Gasteiger partial charge on any atom is -0.392 e. The topological polar surface area (TPSA) is 42.5 Å². The minimum atomic E-state index is -4.44. The third-order valence-electron chi connectivity index (χ3n) is 8.19. The SMILES string of the molecule is Cn1c(=Nc2ccc(C3CC(C)(C)CC(C)(C)C3)cc2)n(Cc2ccc(CO)cc2)c2cc(C(F)(F)F)ccc21. The highest BCUT2D eigenvalue weighted by atomic mass is 19.4. The summed E-state index contributed by atoms with van der Waals surface area (Å²) in [5.74, 6) is 0.484. The average molecular weight is 550 g/mol.